The van der Waals surface area contributed by atoms with Crippen LogP contribution < -0.4 is 10.2 Å². The molecule has 3 aromatic rings. The van der Waals surface area contributed by atoms with Crippen molar-refractivity contribution in [3.05, 3.63) is 34.9 Å². The third-order valence-corrected chi connectivity index (χ3v) is 6.72. The van der Waals surface area contributed by atoms with Crippen LogP contribution in [0.4, 0.5) is 10.2 Å². The fraction of sp³-hybridized carbons (Fsp3) is 0.542. The van der Waals surface area contributed by atoms with Gasteiger partial charge in [0.1, 0.15) is 17.2 Å². The van der Waals surface area contributed by atoms with Crippen LogP contribution in [0, 0.1) is 26.6 Å². The molecule has 170 valence electrons. The van der Waals surface area contributed by atoms with Crippen LogP contribution in [-0.4, -0.2) is 53.0 Å². The molecule has 0 unspecified atom stereocenters. The van der Waals surface area contributed by atoms with Crippen molar-refractivity contribution in [2.24, 2.45) is 0 Å². The van der Waals surface area contributed by atoms with Crippen molar-refractivity contribution in [3.63, 3.8) is 0 Å². The Balaban J connectivity index is 1.55. The van der Waals surface area contributed by atoms with Crippen LogP contribution in [0.3, 0.4) is 0 Å². The zero-order valence-electron chi connectivity index (χ0n) is 19.1. The highest BCUT2D eigenvalue weighted by Crippen LogP contribution is 2.39. The Morgan fingerprint density at radius 1 is 1.12 bits per heavy atom. The van der Waals surface area contributed by atoms with Gasteiger partial charge >= 0.3 is 0 Å². The number of pyridine rings is 1. The van der Waals surface area contributed by atoms with E-state index < -0.39 is 0 Å². The van der Waals surface area contributed by atoms with Gasteiger partial charge in [-0.05, 0) is 70.2 Å². The molecule has 1 N–H and O–H groups in total. The second-order valence-corrected chi connectivity index (χ2v) is 9.22. The summed E-state index contributed by atoms with van der Waals surface area (Å²) in [5.74, 6) is 1.41. The molecule has 4 heterocycles. The molecule has 32 heavy (non-hydrogen) atoms. The zero-order chi connectivity index (χ0) is 22.4. The average Bonchev–Trinajstić information content (AvgIpc) is 3.40. The summed E-state index contributed by atoms with van der Waals surface area (Å²) >= 11 is 0. The Morgan fingerprint density at radius 2 is 1.97 bits per heavy atom. The fourth-order valence-corrected chi connectivity index (χ4v) is 5.10. The maximum absolute atomic E-state index is 14.9. The lowest BCUT2D eigenvalue weighted by Gasteiger charge is -2.40. The van der Waals surface area contributed by atoms with Crippen molar-refractivity contribution in [3.8, 4) is 11.5 Å². The Hall–Kier alpha value is -2.58. The SMILES string of the molecule is Cc1cc(F)c2nc(N3CC[C@@H](N[C@@H]4CCOC4)C[C@@H]3C)c(-c3nc(C)no3)c(C)c2c1. The van der Waals surface area contributed by atoms with E-state index in [4.69, 9.17) is 14.2 Å². The Morgan fingerprint density at radius 3 is 2.66 bits per heavy atom. The summed E-state index contributed by atoms with van der Waals surface area (Å²) in [6.45, 7) is 10.3. The number of nitrogens with zero attached hydrogens (tertiary/aromatic N) is 4. The van der Waals surface area contributed by atoms with Gasteiger partial charge in [0, 0.05) is 36.7 Å². The first-order valence-electron chi connectivity index (χ1n) is 11.4. The van der Waals surface area contributed by atoms with Gasteiger partial charge in [-0.3, -0.25) is 0 Å². The molecule has 2 aliphatic rings. The van der Waals surface area contributed by atoms with Crippen molar-refractivity contribution in [2.75, 3.05) is 24.7 Å². The van der Waals surface area contributed by atoms with Crippen molar-refractivity contribution in [1.82, 2.24) is 20.4 Å². The summed E-state index contributed by atoms with van der Waals surface area (Å²) in [5, 5.41) is 8.53. The normalized spacial score (nSPS) is 23.9. The van der Waals surface area contributed by atoms with Gasteiger partial charge < -0.3 is 19.5 Å². The molecule has 0 spiro atoms. The summed E-state index contributed by atoms with van der Waals surface area (Å²) in [7, 11) is 0. The van der Waals surface area contributed by atoms with Crippen LogP contribution in [0.15, 0.2) is 16.7 Å². The number of piperidine rings is 1. The number of aryl methyl sites for hydroxylation is 3. The molecule has 2 aromatic heterocycles. The summed E-state index contributed by atoms with van der Waals surface area (Å²) in [4.78, 5) is 11.6. The first kappa shape index (κ1) is 21.3. The highest BCUT2D eigenvalue weighted by molar-refractivity contribution is 5.93. The molecule has 2 saturated heterocycles. The van der Waals surface area contributed by atoms with E-state index in [0.717, 1.165) is 66.9 Å². The minimum absolute atomic E-state index is 0.226. The molecule has 5 rings (SSSR count). The molecule has 0 saturated carbocycles. The van der Waals surface area contributed by atoms with Gasteiger partial charge in [0.2, 0.25) is 0 Å². The highest BCUT2D eigenvalue weighted by atomic mass is 19.1. The van der Waals surface area contributed by atoms with Crippen LogP contribution in [0.2, 0.25) is 0 Å². The van der Waals surface area contributed by atoms with Crippen LogP contribution in [0.1, 0.15) is 43.1 Å². The van der Waals surface area contributed by atoms with Crippen molar-refractivity contribution < 1.29 is 13.7 Å². The number of rotatable bonds is 4. The summed E-state index contributed by atoms with van der Waals surface area (Å²) in [6, 6.07) is 4.61. The second kappa shape index (κ2) is 8.41. The third kappa shape index (κ3) is 3.86. The van der Waals surface area contributed by atoms with Gasteiger partial charge in [-0.1, -0.05) is 5.16 Å². The van der Waals surface area contributed by atoms with E-state index in [0.29, 0.717) is 29.3 Å². The molecular formula is C24H30FN5O2. The molecular weight excluding hydrogens is 409 g/mol. The Kier molecular flexibility index (Phi) is 5.59. The Labute approximate surface area is 187 Å². The summed E-state index contributed by atoms with van der Waals surface area (Å²) in [5.41, 5.74) is 2.95. The van der Waals surface area contributed by atoms with Crippen molar-refractivity contribution in [2.45, 2.75) is 65.1 Å². The second-order valence-electron chi connectivity index (χ2n) is 9.22. The van der Waals surface area contributed by atoms with Gasteiger partial charge in [0.15, 0.2) is 5.82 Å². The molecule has 1 aromatic carbocycles. The lowest BCUT2D eigenvalue weighted by atomic mass is 9.95. The highest BCUT2D eigenvalue weighted by Gasteiger charge is 2.32. The molecule has 2 aliphatic heterocycles. The van der Waals surface area contributed by atoms with Gasteiger partial charge in [-0.2, -0.15) is 4.98 Å². The molecule has 0 bridgehead atoms. The van der Waals surface area contributed by atoms with Crippen LogP contribution in [-0.2, 0) is 4.74 Å². The standard InChI is InChI=1S/C24H30FN5O2/c1-13-9-19-15(3)21(24-26-16(4)29-32-24)23(28-22(19)20(25)10-13)30-7-5-17(11-14(30)2)27-18-6-8-31-12-18/h9-10,14,17-18,27H,5-8,11-12H2,1-4H3/t14-,17+,18+/m0/s1. The monoisotopic (exact) mass is 439 g/mol. The largest absolute Gasteiger partial charge is 0.380 e. The molecule has 3 atom stereocenters. The quantitative estimate of drug-likeness (QED) is 0.656. The minimum Gasteiger partial charge on any atom is -0.380 e. The lowest BCUT2D eigenvalue weighted by Crippen LogP contribution is -2.50. The van der Waals surface area contributed by atoms with E-state index in [1.54, 1.807) is 13.0 Å². The summed E-state index contributed by atoms with van der Waals surface area (Å²) < 4.78 is 26.0. The van der Waals surface area contributed by atoms with E-state index in [1.165, 1.54) is 0 Å². The van der Waals surface area contributed by atoms with E-state index in [-0.39, 0.29) is 11.9 Å². The number of hydrogen-bond donors (Lipinski definition) is 1. The molecule has 7 nitrogen and oxygen atoms in total. The number of nitrogens with one attached hydrogen (secondary N) is 1. The topological polar surface area (TPSA) is 76.3 Å². The zero-order valence-corrected chi connectivity index (χ0v) is 19.1. The van der Waals surface area contributed by atoms with E-state index in [9.17, 15) is 4.39 Å². The first-order valence-corrected chi connectivity index (χ1v) is 11.4. The Bertz CT molecular complexity index is 1140. The average molecular weight is 440 g/mol. The van der Waals surface area contributed by atoms with E-state index in [2.05, 4.69) is 27.3 Å². The van der Waals surface area contributed by atoms with Crippen LogP contribution in [0.5, 0.6) is 0 Å². The number of anilines is 1. The van der Waals surface area contributed by atoms with Gasteiger partial charge in [-0.15, -0.1) is 0 Å². The number of benzene rings is 1. The first-order chi connectivity index (χ1) is 15.4. The number of aromatic nitrogens is 3. The summed E-state index contributed by atoms with van der Waals surface area (Å²) in [6.07, 6.45) is 3.03. The van der Waals surface area contributed by atoms with E-state index >= 15 is 0 Å². The number of hydrogen-bond acceptors (Lipinski definition) is 7. The number of fused-ring (bicyclic) bond motifs is 1. The van der Waals surface area contributed by atoms with Gasteiger partial charge in [0.25, 0.3) is 5.89 Å². The van der Waals surface area contributed by atoms with Crippen LogP contribution >= 0.6 is 0 Å². The maximum atomic E-state index is 14.9. The fourth-order valence-electron chi connectivity index (χ4n) is 5.10. The maximum Gasteiger partial charge on any atom is 0.261 e. The van der Waals surface area contributed by atoms with Crippen molar-refractivity contribution in [1.29, 1.82) is 0 Å². The smallest absolute Gasteiger partial charge is 0.261 e. The number of halogens is 1. The molecule has 0 radical (unpaired) electrons. The predicted octanol–water partition coefficient (Wildman–Crippen LogP) is 4.08. The molecule has 0 aliphatic carbocycles. The third-order valence-electron chi connectivity index (χ3n) is 6.72. The van der Waals surface area contributed by atoms with E-state index in [1.807, 2.05) is 19.9 Å². The molecule has 8 heteroatoms. The lowest BCUT2D eigenvalue weighted by molar-refractivity contribution is 0.185. The van der Waals surface area contributed by atoms with Crippen LogP contribution in [0.25, 0.3) is 22.4 Å². The van der Waals surface area contributed by atoms with Gasteiger partial charge in [0.05, 0.1) is 12.2 Å². The van der Waals surface area contributed by atoms with Gasteiger partial charge in [-0.25, -0.2) is 9.37 Å². The predicted molar refractivity (Wildman–Crippen MR) is 121 cm³/mol. The minimum atomic E-state index is -0.303. The van der Waals surface area contributed by atoms with Crippen molar-refractivity contribution >= 4 is 16.7 Å². The molecule has 0 amide bonds. The number of ether oxygens (including phenoxy) is 1. The molecule has 2 fully saturated rings.